The normalized spacial score (nSPS) is 15.0. The minimum Gasteiger partial charge on any atom is -0.462 e. The number of fused-ring (bicyclic) bond motifs is 3. The third kappa shape index (κ3) is 7.71. The lowest BCUT2D eigenvalue weighted by Gasteiger charge is -2.30. The number of thiophene rings is 1. The average molecular weight is 579 g/mol. The van der Waals surface area contributed by atoms with Crippen molar-refractivity contribution in [1.29, 1.82) is 0 Å². The first kappa shape index (κ1) is 30.4. The number of hydrazone groups is 1. The van der Waals surface area contributed by atoms with Gasteiger partial charge in [0.1, 0.15) is 11.4 Å². The Morgan fingerprint density at radius 2 is 1.62 bits per heavy atom. The van der Waals surface area contributed by atoms with Crippen molar-refractivity contribution >= 4 is 63.5 Å². The van der Waals surface area contributed by atoms with E-state index in [4.69, 9.17) is 18.9 Å². The summed E-state index contributed by atoms with van der Waals surface area (Å²) in [6.07, 6.45) is 0.111. The standard InChI is InChI=1S/C25H30N4O10S/c1-12(30)29(25-27-23(35)21-17-8-6-7-9-20(17)40-24(21)28-25)26-10-18(37-14(3)32)22(39-16(5)34)19(38-15(4)33)11-36-13(2)31/h10,18-19,22H,6-9,11H2,1-5H3,(H,27,28,35)/b26-10+/t18-,19+,22+/m0/s1. The summed E-state index contributed by atoms with van der Waals surface area (Å²) < 4.78 is 20.7. The Labute approximate surface area is 232 Å². The summed E-state index contributed by atoms with van der Waals surface area (Å²) in [7, 11) is 0. The maximum atomic E-state index is 13.0. The molecule has 216 valence electrons. The van der Waals surface area contributed by atoms with Gasteiger partial charge in [-0.05, 0) is 31.2 Å². The number of ether oxygens (including phenoxy) is 4. The van der Waals surface area contributed by atoms with Crippen molar-refractivity contribution in [2.45, 2.75) is 78.6 Å². The fourth-order valence-electron chi connectivity index (χ4n) is 4.20. The van der Waals surface area contributed by atoms with Crippen LogP contribution in [0.25, 0.3) is 10.2 Å². The van der Waals surface area contributed by atoms with Crippen LogP contribution in [0.1, 0.15) is 57.9 Å². The molecule has 1 amide bonds. The zero-order chi connectivity index (χ0) is 29.6. The number of aromatic nitrogens is 2. The molecule has 2 heterocycles. The largest absolute Gasteiger partial charge is 0.462 e. The van der Waals surface area contributed by atoms with E-state index in [9.17, 15) is 28.8 Å². The number of anilines is 1. The van der Waals surface area contributed by atoms with Crippen LogP contribution < -0.4 is 10.6 Å². The molecule has 2 aromatic heterocycles. The lowest BCUT2D eigenvalue weighted by Crippen LogP contribution is -2.48. The zero-order valence-electron chi connectivity index (χ0n) is 22.7. The van der Waals surface area contributed by atoms with Gasteiger partial charge in [0.25, 0.3) is 5.56 Å². The number of esters is 4. The molecule has 0 saturated heterocycles. The lowest BCUT2D eigenvalue weighted by molar-refractivity contribution is -0.183. The Kier molecular flexibility index (Phi) is 10.1. The van der Waals surface area contributed by atoms with Crippen LogP contribution in [-0.4, -0.2) is 70.9 Å². The highest BCUT2D eigenvalue weighted by Gasteiger charge is 2.37. The van der Waals surface area contributed by atoms with Crippen molar-refractivity contribution in [2.24, 2.45) is 5.10 Å². The maximum absolute atomic E-state index is 13.0. The molecule has 3 rings (SSSR count). The van der Waals surface area contributed by atoms with E-state index < -0.39 is 60.3 Å². The number of hydrogen-bond acceptors (Lipinski definition) is 13. The molecule has 14 nitrogen and oxygen atoms in total. The number of aromatic amines is 1. The Morgan fingerprint density at radius 3 is 2.23 bits per heavy atom. The van der Waals surface area contributed by atoms with Gasteiger partial charge < -0.3 is 18.9 Å². The first-order chi connectivity index (χ1) is 18.9. The average Bonchev–Trinajstić information content (AvgIpc) is 3.23. The van der Waals surface area contributed by atoms with Crippen molar-refractivity contribution in [3.8, 4) is 0 Å². The Balaban J connectivity index is 2.03. The summed E-state index contributed by atoms with van der Waals surface area (Å²) in [6.45, 7) is 4.98. The van der Waals surface area contributed by atoms with Gasteiger partial charge in [-0.2, -0.15) is 10.1 Å². The van der Waals surface area contributed by atoms with Crippen LogP contribution in [0.3, 0.4) is 0 Å². The van der Waals surface area contributed by atoms with Gasteiger partial charge in [-0.15, -0.1) is 11.3 Å². The lowest BCUT2D eigenvalue weighted by atomic mass is 9.97. The fourth-order valence-corrected chi connectivity index (χ4v) is 5.46. The number of nitrogens with one attached hydrogen (secondary N) is 1. The monoisotopic (exact) mass is 578 g/mol. The van der Waals surface area contributed by atoms with E-state index in [1.54, 1.807) is 0 Å². The molecule has 0 bridgehead atoms. The number of amides is 1. The van der Waals surface area contributed by atoms with Crippen molar-refractivity contribution < 1.29 is 42.9 Å². The first-order valence-corrected chi connectivity index (χ1v) is 13.2. The summed E-state index contributed by atoms with van der Waals surface area (Å²) in [5, 5.41) is 5.35. The molecule has 2 aromatic rings. The predicted molar refractivity (Wildman–Crippen MR) is 142 cm³/mol. The van der Waals surface area contributed by atoms with Crippen LogP contribution in [0.15, 0.2) is 9.90 Å². The first-order valence-electron chi connectivity index (χ1n) is 12.4. The Hall–Kier alpha value is -4.14. The van der Waals surface area contributed by atoms with Crippen molar-refractivity contribution in [2.75, 3.05) is 11.6 Å². The topological polar surface area (TPSA) is 184 Å². The molecule has 0 saturated carbocycles. The molecule has 1 aliphatic carbocycles. The van der Waals surface area contributed by atoms with E-state index in [2.05, 4.69) is 15.1 Å². The fraction of sp³-hybridized carbons (Fsp3) is 0.520. The Bertz CT molecular complexity index is 1400. The number of nitrogens with zero attached hydrogens (tertiary/aromatic N) is 3. The highest BCUT2D eigenvalue weighted by molar-refractivity contribution is 7.18. The summed E-state index contributed by atoms with van der Waals surface area (Å²) in [6, 6.07) is 0. The SMILES string of the molecule is CC(=O)OC[C@@H](OC(C)=O)[C@H](OC(C)=O)[C@H](/C=N/N(C(C)=O)c1nc2sc3c(c2c(=O)[nH]1)CCCC3)OC(C)=O. The van der Waals surface area contributed by atoms with E-state index in [1.165, 1.54) is 18.3 Å². The maximum Gasteiger partial charge on any atom is 0.303 e. The number of rotatable bonds is 10. The van der Waals surface area contributed by atoms with Crippen molar-refractivity contribution in [3.05, 3.63) is 20.8 Å². The van der Waals surface area contributed by atoms with Gasteiger partial charge in [0.15, 0.2) is 18.3 Å². The molecule has 0 spiro atoms. The molecular formula is C25H30N4O10S. The van der Waals surface area contributed by atoms with Gasteiger partial charge in [0.2, 0.25) is 11.9 Å². The van der Waals surface area contributed by atoms with Gasteiger partial charge in [-0.3, -0.25) is 33.8 Å². The van der Waals surface area contributed by atoms with Crippen LogP contribution in [0.5, 0.6) is 0 Å². The van der Waals surface area contributed by atoms with Crippen LogP contribution in [0.2, 0.25) is 0 Å². The van der Waals surface area contributed by atoms with Gasteiger partial charge in [-0.25, -0.2) is 4.98 Å². The van der Waals surface area contributed by atoms with E-state index in [1.807, 2.05) is 0 Å². The van der Waals surface area contributed by atoms with Gasteiger partial charge in [0.05, 0.1) is 11.6 Å². The quantitative estimate of drug-likeness (QED) is 0.187. The van der Waals surface area contributed by atoms with Crippen LogP contribution in [-0.2, 0) is 55.8 Å². The zero-order valence-corrected chi connectivity index (χ0v) is 23.5. The molecule has 0 unspecified atom stereocenters. The summed E-state index contributed by atoms with van der Waals surface area (Å²) in [5.74, 6) is -4.00. The van der Waals surface area contributed by atoms with E-state index in [0.717, 1.165) is 75.0 Å². The van der Waals surface area contributed by atoms with Crippen molar-refractivity contribution in [1.82, 2.24) is 9.97 Å². The second-order valence-electron chi connectivity index (χ2n) is 8.97. The van der Waals surface area contributed by atoms with Crippen LogP contribution in [0, 0.1) is 0 Å². The third-order valence-corrected chi connectivity index (χ3v) is 6.89. The van der Waals surface area contributed by atoms with Crippen LogP contribution >= 0.6 is 11.3 Å². The van der Waals surface area contributed by atoms with E-state index in [-0.39, 0.29) is 5.95 Å². The molecule has 0 radical (unpaired) electrons. The van der Waals surface area contributed by atoms with Gasteiger partial charge in [-0.1, -0.05) is 0 Å². The second kappa shape index (κ2) is 13.3. The highest BCUT2D eigenvalue weighted by Crippen LogP contribution is 2.34. The molecule has 0 fully saturated rings. The smallest absolute Gasteiger partial charge is 0.303 e. The third-order valence-electron chi connectivity index (χ3n) is 5.70. The highest BCUT2D eigenvalue weighted by atomic mass is 32.1. The molecule has 0 aromatic carbocycles. The van der Waals surface area contributed by atoms with Gasteiger partial charge >= 0.3 is 23.9 Å². The number of carbonyl (C=O) groups is 5. The minimum atomic E-state index is -1.53. The molecule has 40 heavy (non-hydrogen) atoms. The molecule has 15 heteroatoms. The Morgan fingerprint density at radius 1 is 0.975 bits per heavy atom. The summed E-state index contributed by atoms with van der Waals surface area (Å²) >= 11 is 1.38. The molecule has 1 N–H and O–H groups in total. The number of carbonyl (C=O) groups excluding carboxylic acids is 5. The minimum absolute atomic E-state index is 0.179. The number of aryl methyl sites for hydroxylation is 2. The predicted octanol–water partition coefficient (Wildman–Crippen LogP) is 1.56. The number of H-pyrrole nitrogens is 1. The van der Waals surface area contributed by atoms with E-state index >= 15 is 0 Å². The second-order valence-corrected chi connectivity index (χ2v) is 10.1. The molecule has 1 aliphatic rings. The van der Waals surface area contributed by atoms with Gasteiger partial charge in [0, 0.05) is 39.5 Å². The van der Waals surface area contributed by atoms with Crippen LogP contribution in [0.4, 0.5) is 5.95 Å². The number of hydrogen-bond donors (Lipinski definition) is 1. The van der Waals surface area contributed by atoms with E-state index in [0.29, 0.717) is 10.2 Å². The molecular weight excluding hydrogens is 548 g/mol. The summed E-state index contributed by atoms with van der Waals surface area (Å²) in [4.78, 5) is 81.1. The molecule has 0 aliphatic heterocycles. The molecule has 3 atom stereocenters. The summed E-state index contributed by atoms with van der Waals surface area (Å²) in [5.41, 5.74) is 0.541. The van der Waals surface area contributed by atoms with Crippen molar-refractivity contribution in [3.63, 3.8) is 0 Å².